The summed E-state index contributed by atoms with van der Waals surface area (Å²) < 4.78 is 16.5. The Bertz CT molecular complexity index is 1750. The van der Waals surface area contributed by atoms with Crippen molar-refractivity contribution in [2.75, 3.05) is 67.1 Å². The van der Waals surface area contributed by atoms with Crippen molar-refractivity contribution >= 4 is 53.4 Å². The van der Waals surface area contributed by atoms with Gasteiger partial charge in [0.15, 0.2) is 11.5 Å². The number of likely N-dealkylation sites (tertiary alicyclic amines) is 3. The minimum Gasteiger partial charge on any atom is -0.493 e. The summed E-state index contributed by atoms with van der Waals surface area (Å²) >= 11 is 12.9. The molecule has 3 heterocycles. The molecule has 6 rings (SSSR count). The largest absolute Gasteiger partial charge is 0.493 e. The number of carbonyl (C=O) groups excluding carboxylic acids is 2. The van der Waals surface area contributed by atoms with Crippen LogP contribution in [0.1, 0.15) is 60.0 Å². The SMILES string of the molecule is COc1cc(C(=O)N2CC[C@](CCN3CCC(C(=O)N4CCC(C(=O)O)CC4)(c4ccccc4)CC3)(c3ccc(Cl)c(Cl)c3)C2)cc(OC)c1OC.Cl. The molecular formula is C40H48Cl3N3O7. The van der Waals surface area contributed by atoms with E-state index in [1.54, 1.807) is 12.1 Å². The van der Waals surface area contributed by atoms with Crippen molar-refractivity contribution in [3.63, 3.8) is 0 Å². The number of hydrogen-bond acceptors (Lipinski definition) is 7. The fourth-order valence-electron chi connectivity index (χ4n) is 8.39. The van der Waals surface area contributed by atoms with Crippen LogP contribution in [0.4, 0.5) is 0 Å². The molecule has 1 atom stereocenters. The Morgan fingerprint density at radius 1 is 0.774 bits per heavy atom. The molecule has 13 heteroatoms. The number of halogens is 3. The third-order valence-electron chi connectivity index (χ3n) is 11.6. The van der Waals surface area contributed by atoms with E-state index >= 15 is 0 Å². The van der Waals surface area contributed by atoms with E-state index in [-0.39, 0.29) is 29.6 Å². The molecule has 53 heavy (non-hydrogen) atoms. The maximum atomic E-state index is 14.3. The molecule has 2 amide bonds. The summed E-state index contributed by atoms with van der Waals surface area (Å²) in [6.45, 7) is 4.22. The molecule has 3 aliphatic heterocycles. The third-order valence-corrected chi connectivity index (χ3v) is 12.3. The predicted octanol–water partition coefficient (Wildman–Crippen LogP) is 6.97. The van der Waals surface area contributed by atoms with Crippen LogP contribution < -0.4 is 14.2 Å². The number of rotatable bonds is 11. The molecule has 3 aromatic carbocycles. The summed E-state index contributed by atoms with van der Waals surface area (Å²) in [5.74, 6) is 0.0530. The standard InChI is InChI=1S/C40H47Cl2N3O7.ClH/c1-50-33-23-28(24-34(51-2)35(33)52-3)36(46)45-22-14-39(26-45,30-9-10-31(41)32(42)25-30)13-19-43-20-15-40(16-21-43,29-7-5-4-6-8-29)38(49)44-17-11-27(12-18-44)37(47)48;/h4-10,23-25,27H,11-22,26H2,1-3H3,(H,47,48);1H/t39-;/m0./s1. The van der Waals surface area contributed by atoms with Crippen LogP contribution in [0.5, 0.6) is 17.2 Å². The Hall–Kier alpha value is -3.70. The molecule has 10 nitrogen and oxygen atoms in total. The monoisotopic (exact) mass is 787 g/mol. The van der Waals surface area contributed by atoms with Gasteiger partial charge in [0.25, 0.3) is 5.91 Å². The Balaban J connectivity index is 0.00000541. The van der Waals surface area contributed by atoms with E-state index in [4.69, 9.17) is 37.4 Å². The Morgan fingerprint density at radius 2 is 1.42 bits per heavy atom. The summed E-state index contributed by atoms with van der Waals surface area (Å²) in [4.78, 5) is 46.1. The highest BCUT2D eigenvalue weighted by atomic mass is 35.5. The summed E-state index contributed by atoms with van der Waals surface area (Å²) in [5.41, 5.74) is 1.47. The lowest BCUT2D eigenvalue weighted by molar-refractivity contribution is -0.148. The van der Waals surface area contributed by atoms with Crippen LogP contribution in [0.25, 0.3) is 0 Å². The molecule has 0 spiro atoms. The van der Waals surface area contributed by atoms with Crippen molar-refractivity contribution in [2.24, 2.45) is 5.92 Å². The van der Waals surface area contributed by atoms with Gasteiger partial charge in [0.1, 0.15) is 0 Å². The topological polar surface area (TPSA) is 109 Å². The molecule has 0 aliphatic carbocycles. The van der Waals surface area contributed by atoms with Gasteiger partial charge in [-0.1, -0.05) is 59.6 Å². The molecule has 0 saturated carbocycles. The second kappa shape index (κ2) is 17.2. The Morgan fingerprint density at radius 3 is 1.98 bits per heavy atom. The van der Waals surface area contributed by atoms with E-state index < -0.39 is 17.3 Å². The second-order valence-electron chi connectivity index (χ2n) is 14.2. The zero-order chi connectivity index (χ0) is 37.0. The second-order valence-corrected chi connectivity index (χ2v) is 15.1. The van der Waals surface area contributed by atoms with Gasteiger partial charge in [-0.15, -0.1) is 12.4 Å². The quantitative estimate of drug-likeness (QED) is 0.222. The lowest BCUT2D eigenvalue weighted by atomic mass is 9.71. The predicted molar refractivity (Wildman–Crippen MR) is 207 cm³/mol. The summed E-state index contributed by atoms with van der Waals surface area (Å²) in [6.07, 6.45) is 3.81. The van der Waals surface area contributed by atoms with Gasteiger partial charge in [0.05, 0.1) is 42.7 Å². The number of piperidine rings is 2. The van der Waals surface area contributed by atoms with Crippen LogP contribution in [0.15, 0.2) is 60.7 Å². The molecule has 0 unspecified atom stereocenters. The van der Waals surface area contributed by atoms with Gasteiger partial charge >= 0.3 is 5.97 Å². The van der Waals surface area contributed by atoms with Crippen molar-refractivity contribution < 1.29 is 33.7 Å². The first-order chi connectivity index (χ1) is 25.0. The normalized spacial score (nSPS) is 20.4. The fourth-order valence-corrected chi connectivity index (χ4v) is 8.69. The first-order valence-corrected chi connectivity index (χ1v) is 18.6. The number of carboxylic acid groups (broad SMARTS) is 1. The van der Waals surface area contributed by atoms with E-state index in [2.05, 4.69) is 17.0 Å². The number of ether oxygens (including phenoxy) is 3. The van der Waals surface area contributed by atoms with Gasteiger partial charge in [-0.2, -0.15) is 0 Å². The molecular weight excluding hydrogens is 741 g/mol. The third kappa shape index (κ3) is 8.21. The highest BCUT2D eigenvalue weighted by molar-refractivity contribution is 6.42. The highest BCUT2D eigenvalue weighted by Crippen LogP contribution is 2.44. The fraction of sp³-hybridized carbons (Fsp3) is 0.475. The van der Waals surface area contributed by atoms with Gasteiger partial charge < -0.3 is 34.0 Å². The van der Waals surface area contributed by atoms with Gasteiger partial charge in [-0.05, 0) is 93.6 Å². The van der Waals surface area contributed by atoms with Crippen LogP contribution in [0.3, 0.4) is 0 Å². The number of benzene rings is 3. The number of carbonyl (C=O) groups is 3. The average molecular weight is 789 g/mol. The smallest absolute Gasteiger partial charge is 0.306 e. The van der Waals surface area contributed by atoms with Crippen LogP contribution in [0, 0.1) is 5.92 Å². The van der Waals surface area contributed by atoms with Crippen molar-refractivity contribution in [1.29, 1.82) is 0 Å². The van der Waals surface area contributed by atoms with E-state index in [9.17, 15) is 19.5 Å². The van der Waals surface area contributed by atoms with Gasteiger partial charge in [0, 0.05) is 37.2 Å². The van der Waals surface area contributed by atoms with Crippen molar-refractivity contribution in [1.82, 2.24) is 14.7 Å². The van der Waals surface area contributed by atoms with Gasteiger partial charge in [0.2, 0.25) is 11.7 Å². The van der Waals surface area contributed by atoms with Crippen LogP contribution in [-0.4, -0.2) is 105 Å². The van der Waals surface area contributed by atoms with Crippen LogP contribution >= 0.6 is 35.6 Å². The number of hydrogen-bond donors (Lipinski definition) is 1. The zero-order valence-corrected chi connectivity index (χ0v) is 32.8. The van der Waals surface area contributed by atoms with E-state index in [0.29, 0.717) is 84.7 Å². The lowest BCUT2D eigenvalue weighted by Gasteiger charge is -2.45. The first kappa shape index (κ1) is 40.5. The molecule has 286 valence electrons. The molecule has 3 aromatic rings. The number of carboxylic acids is 1. The maximum Gasteiger partial charge on any atom is 0.306 e. The maximum absolute atomic E-state index is 14.3. The van der Waals surface area contributed by atoms with Crippen LogP contribution in [0.2, 0.25) is 10.0 Å². The van der Waals surface area contributed by atoms with Gasteiger partial charge in [-0.25, -0.2) is 0 Å². The zero-order valence-electron chi connectivity index (χ0n) is 30.4. The van der Waals surface area contributed by atoms with Crippen molar-refractivity contribution in [3.05, 3.63) is 87.4 Å². The summed E-state index contributed by atoms with van der Waals surface area (Å²) in [6, 6.07) is 19.2. The molecule has 3 saturated heterocycles. The summed E-state index contributed by atoms with van der Waals surface area (Å²) in [7, 11) is 4.59. The molecule has 3 fully saturated rings. The highest BCUT2D eigenvalue weighted by Gasteiger charge is 2.47. The van der Waals surface area contributed by atoms with Crippen LogP contribution in [-0.2, 0) is 20.4 Å². The average Bonchev–Trinajstić information content (AvgIpc) is 3.63. The minimum atomic E-state index is -0.784. The Kier molecular flexibility index (Phi) is 13.1. The van der Waals surface area contributed by atoms with E-state index in [0.717, 1.165) is 43.6 Å². The van der Waals surface area contributed by atoms with Gasteiger partial charge in [-0.3, -0.25) is 14.4 Å². The molecule has 1 N–H and O–H groups in total. The number of amides is 2. The number of methoxy groups -OCH3 is 3. The molecule has 0 aromatic heterocycles. The molecule has 0 bridgehead atoms. The summed E-state index contributed by atoms with van der Waals surface area (Å²) in [5, 5.41) is 10.5. The first-order valence-electron chi connectivity index (χ1n) is 17.9. The van der Waals surface area contributed by atoms with Crippen molar-refractivity contribution in [3.8, 4) is 17.2 Å². The Labute approximate surface area is 327 Å². The lowest BCUT2D eigenvalue weighted by Crippen LogP contribution is -2.55. The van der Waals surface area contributed by atoms with E-state index in [1.165, 1.54) is 21.3 Å². The van der Waals surface area contributed by atoms with Crippen molar-refractivity contribution in [2.45, 2.75) is 49.4 Å². The molecule has 0 radical (unpaired) electrons. The number of aliphatic carboxylic acids is 1. The molecule has 3 aliphatic rings. The van der Waals surface area contributed by atoms with E-state index in [1.807, 2.05) is 46.2 Å². The minimum absolute atomic E-state index is 0. The number of nitrogens with zero attached hydrogens (tertiary/aromatic N) is 3.